The second-order valence-electron chi connectivity index (χ2n) is 6.76. The van der Waals surface area contributed by atoms with Gasteiger partial charge in [0.15, 0.2) is 0 Å². The molecule has 3 rings (SSSR count). The van der Waals surface area contributed by atoms with Crippen LogP contribution in [0.1, 0.15) is 62.7 Å². The van der Waals surface area contributed by atoms with E-state index in [0.29, 0.717) is 11.0 Å². The summed E-state index contributed by atoms with van der Waals surface area (Å²) in [5.41, 5.74) is 3.26. The monoisotopic (exact) mass is 284 g/mol. The third-order valence-corrected chi connectivity index (χ3v) is 5.44. The summed E-state index contributed by atoms with van der Waals surface area (Å²) in [6.45, 7) is 3.90. The lowest BCUT2D eigenvalue weighted by Gasteiger charge is -2.41. The number of rotatable bonds is 2. The van der Waals surface area contributed by atoms with Crippen molar-refractivity contribution >= 4 is 5.69 Å². The van der Waals surface area contributed by atoms with Crippen LogP contribution in [0.4, 0.5) is 5.69 Å². The fourth-order valence-electron chi connectivity index (χ4n) is 4.09. The van der Waals surface area contributed by atoms with Gasteiger partial charge >= 0.3 is 0 Å². The second kappa shape index (κ2) is 5.69. The number of anilines is 1. The van der Waals surface area contributed by atoms with Crippen LogP contribution in [0, 0.1) is 16.7 Å². The predicted molar refractivity (Wildman–Crippen MR) is 84.1 cm³/mol. The molecular weight excluding hydrogens is 260 g/mol. The Hall–Kier alpha value is -1.53. The van der Waals surface area contributed by atoms with Crippen molar-refractivity contribution in [1.29, 1.82) is 5.26 Å². The van der Waals surface area contributed by atoms with Gasteiger partial charge in [-0.25, -0.2) is 0 Å². The summed E-state index contributed by atoms with van der Waals surface area (Å²) in [6.07, 6.45) is 7.58. The Labute approximate surface area is 127 Å². The molecule has 0 radical (unpaired) electrons. The molecule has 2 aliphatic rings. The zero-order chi connectivity index (χ0) is 14.9. The van der Waals surface area contributed by atoms with Gasteiger partial charge in [0, 0.05) is 24.3 Å². The van der Waals surface area contributed by atoms with E-state index >= 15 is 0 Å². The molecular formula is C18H24N2O. The van der Waals surface area contributed by atoms with Gasteiger partial charge in [0.2, 0.25) is 0 Å². The van der Waals surface area contributed by atoms with Gasteiger partial charge < -0.3 is 10.0 Å². The average molecular weight is 284 g/mol. The number of nitrogens with zero attached hydrogens (tertiary/aromatic N) is 2. The molecule has 1 aliphatic carbocycles. The average Bonchev–Trinajstić information content (AvgIpc) is 2.95. The topological polar surface area (TPSA) is 47.3 Å². The van der Waals surface area contributed by atoms with Gasteiger partial charge in [0.1, 0.15) is 0 Å². The minimum Gasteiger partial charge on any atom is -0.389 e. The highest BCUT2D eigenvalue weighted by Crippen LogP contribution is 2.47. The van der Waals surface area contributed by atoms with Gasteiger partial charge in [-0.05, 0) is 50.2 Å². The Morgan fingerprint density at radius 3 is 2.43 bits per heavy atom. The number of benzene rings is 1. The normalized spacial score (nSPS) is 22.2. The van der Waals surface area contributed by atoms with E-state index in [1.807, 2.05) is 12.1 Å². The van der Waals surface area contributed by atoms with Crippen molar-refractivity contribution in [2.24, 2.45) is 5.41 Å². The van der Waals surface area contributed by atoms with Crippen molar-refractivity contribution in [3.05, 3.63) is 29.3 Å². The Morgan fingerprint density at radius 1 is 1.19 bits per heavy atom. The maximum absolute atomic E-state index is 9.99. The number of aliphatic hydroxyl groups is 1. The number of hydrogen-bond acceptors (Lipinski definition) is 3. The van der Waals surface area contributed by atoms with Crippen molar-refractivity contribution in [3.8, 4) is 6.07 Å². The number of nitriles is 1. The van der Waals surface area contributed by atoms with Crippen LogP contribution in [0.2, 0.25) is 0 Å². The fraction of sp³-hybridized carbons (Fsp3) is 0.611. The van der Waals surface area contributed by atoms with Crippen LogP contribution in [0.15, 0.2) is 18.2 Å². The van der Waals surface area contributed by atoms with Crippen molar-refractivity contribution in [2.45, 2.75) is 51.6 Å². The Kier molecular flexibility index (Phi) is 3.91. The lowest BCUT2D eigenvalue weighted by molar-refractivity contribution is 0.198. The smallest absolute Gasteiger partial charge is 0.0992 e. The molecule has 1 aromatic carbocycles. The summed E-state index contributed by atoms with van der Waals surface area (Å²) >= 11 is 0. The quantitative estimate of drug-likeness (QED) is 0.899. The van der Waals surface area contributed by atoms with Crippen LogP contribution in [0.3, 0.4) is 0 Å². The van der Waals surface area contributed by atoms with Gasteiger partial charge in [0.25, 0.3) is 0 Å². The molecule has 1 atom stereocenters. The molecule has 2 fully saturated rings. The first kappa shape index (κ1) is 14.4. The van der Waals surface area contributed by atoms with E-state index in [9.17, 15) is 5.11 Å². The number of piperidine rings is 1. The van der Waals surface area contributed by atoms with E-state index < -0.39 is 6.10 Å². The molecule has 1 aliphatic heterocycles. The summed E-state index contributed by atoms with van der Waals surface area (Å²) in [6, 6.07) is 7.85. The maximum Gasteiger partial charge on any atom is 0.0992 e. The van der Waals surface area contributed by atoms with E-state index in [0.717, 1.165) is 24.3 Å². The molecule has 1 saturated heterocycles. The highest BCUT2D eigenvalue weighted by atomic mass is 16.3. The van der Waals surface area contributed by atoms with Crippen molar-refractivity contribution in [3.63, 3.8) is 0 Å². The standard InChI is InChI=1S/C18H24N2O/c1-14(21)16-5-4-15(13-19)12-17(16)20-10-8-18(9-11-20)6-2-3-7-18/h4-5,12,14,21H,2-3,6-11H2,1H3/t14-/m1/s1. The van der Waals surface area contributed by atoms with Gasteiger partial charge in [-0.3, -0.25) is 0 Å². The van der Waals surface area contributed by atoms with Crippen LogP contribution >= 0.6 is 0 Å². The zero-order valence-corrected chi connectivity index (χ0v) is 12.8. The molecule has 112 valence electrons. The zero-order valence-electron chi connectivity index (χ0n) is 12.8. The summed E-state index contributed by atoms with van der Waals surface area (Å²) in [4.78, 5) is 2.37. The summed E-state index contributed by atoms with van der Waals surface area (Å²) in [5, 5.41) is 19.1. The van der Waals surface area contributed by atoms with E-state index in [4.69, 9.17) is 5.26 Å². The van der Waals surface area contributed by atoms with E-state index in [1.165, 1.54) is 38.5 Å². The van der Waals surface area contributed by atoms with E-state index in [1.54, 1.807) is 13.0 Å². The first-order chi connectivity index (χ1) is 10.1. The van der Waals surface area contributed by atoms with Crippen LogP contribution in [0.5, 0.6) is 0 Å². The molecule has 0 bridgehead atoms. The molecule has 0 unspecified atom stereocenters. The summed E-state index contributed by atoms with van der Waals surface area (Å²) in [7, 11) is 0. The Morgan fingerprint density at radius 2 is 1.86 bits per heavy atom. The molecule has 0 amide bonds. The van der Waals surface area contributed by atoms with Crippen molar-refractivity contribution in [1.82, 2.24) is 0 Å². The molecule has 0 aromatic heterocycles. The second-order valence-corrected chi connectivity index (χ2v) is 6.76. The van der Waals surface area contributed by atoms with E-state index in [-0.39, 0.29) is 0 Å². The van der Waals surface area contributed by atoms with Crippen LogP contribution in [0.25, 0.3) is 0 Å². The maximum atomic E-state index is 9.99. The summed E-state index contributed by atoms with van der Waals surface area (Å²) < 4.78 is 0. The molecule has 21 heavy (non-hydrogen) atoms. The summed E-state index contributed by atoms with van der Waals surface area (Å²) in [5.74, 6) is 0. The predicted octanol–water partition coefficient (Wildman–Crippen LogP) is 3.77. The van der Waals surface area contributed by atoms with Crippen molar-refractivity contribution in [2.75, 3.05) is 18.0 Å². The minimum absolute atomic E-state index is 0.491. The first-order valence-corrected chi connectivity index (χ1v) is 8.11. The fourth-order valence-corrected chi connectivity index (χ4v) is 4.09. The molecule has 1 aromatic rings. The van der Waals surface area contributed by atoms with Crippen LogP contribution in [-0.4, -0.2) is 18.2 Å². The highest BCUT2D eigenvalue weighted by molar-refractivity contribution is 5.58. The van der Waals surface area contributed by atoms with Gasteiger partial charge in [-0.2, -0.15) is 5.26 Å². The molecule has 1 spiro atoms. The highest BCUT2D eigenvalue weighted by Gasteiger charge is 2.37. The molecule has 3 nitrogen and oxygen atoms in total. The SMILES string of the molecule is C[C@@H](O)c1ccc(C#N)cc1N1CCC2(CCCC2)CC1. The lowest BCUT2D eigenvalue weighted by Crippen LogP contribution is -2.39. The van der Waals surface area contributed by atoms with Gasteiger partial charge in [0.05, 0.1) is 17.7 Å². The molecule has 3 heteroatoms. The lowest BCUT2D eigenvalue weighted by atomic mass is 9.77. The molecule has 1 saturated carbocycles. The van der Waals surface area contributed by atoms with Gasteiger partial charge in [-0.1, -0.05) is 18.9 Å². The minimum atomic E-state index is -0.491. The molecule has 1 N–H and O–H groups in total. The van der Waals surface area contributed by atoms with E-state index in [2.05, 4.69) is 11.0 Å². The largest absolute Gasteiger partial charge is 0.389 e. The third kappa shape index (κ3) is 2.78. The molecule has 1 heterocycles. The Bertz CT molecular complexity index is 543. The number of hydrogen-bond donors (Lipinski definition) is 1. The van der Waals surface area contributed by atoms with Crippen molar-refractivity contribution < 1.29 is 5.11 Å². The first-order valence-electron chi connectivity index (χ1n) is 8.11. The third-order valence-electron chi connectivity index (χ3n) is 5.44. The van der Waals surface area contributed by atoms with Crippen LogP contribution < -0.4 is 4.90 Å². The van der Waals surface area contributed by atoms with Gasteiger partial charge in [-0.15, -0.1) is 0 Å². The Balaban J connectivity index is 1.82. The number of aliphatic hydroxyl groups excluding tert-OH is 1. The van der Waals surface area contributed by atoms with Crippen LogP contribution in [-0.2, 0) is 0 Å².